The van der Waals surface area contributed by atoms with Gasteiger partial charge in [0.2, 0.25) is 0 Å². The van der Waals surface area contributed by atoms with Crippen LogP contribution in [0.1, 0.15) is 16.1 Å². The Bertz CT molecular complexity index is 859. The minimum absolute atomic E-state index is 0.135. The van der Waals surface area contributed by atoms with E-state index in [1.165, 1.54) is 12.1 Å². The number of pyridine rings is 1. The summed E-state index contributed by atoms with van der Waals surface area (Å²) in [7, 11) is 0. The molecule has 0 saturated carbocycles. The van der Waals surface area contributed by atoms with Crippen molar-refractivity contribution in [2.45, 2.75) is 6.92 Å². The van der Waals surface area contributed by atoms with Crippen molar-refractivity contribution in [1.82, 2.24) is 4.98 Å². The lowest BCUT2D eigenvalue weighted by Crippen LogP contribution is -2.06. The number of aromatic nitrogens is 1. The Balaban J connectivity index is 2.25. The monoisotopic (exact) mass is 307 g/mol. The molecule has 0 bridgehead atoms. The first kappa shape index (κ1) is 14.9. The predicted molar refractivity (Wildman–Crippen MR) is 86.8 cm³/mol. The molecule has 0 unspecified atom stereocenters. The fourth-order valence-electron chi connectivity index (χ4n) is 2.56. The van der Waals surface area contributed by atoms with Crippen molar-refractivity contribution < 1.29 is 14.3 Å². The highest BCUT2D eigenvalue weighted by atomic mass is 19.1. The third kappa shape index (κ3) is 2.97. The van der Waals surface area contributed by atoms with Gasteiger partial charge >= 0.3 is 5.97 Å². The van der Waals surface area contributed by atoms with Crippen LogP contribution in [-0.4, -0.2) is 16.1 Å². The Kier molecular flexibility index (Phi) is 3.89. The summed E-state index contributed by atoms with van der Waals surface area (Å²) >= 11 is 0. The molecule has 1 heterocycles. The van der Waals surface area contributed by atoms with Gasteiger partial charge in [0.15, 0.2) is 0 Å². The number of carbonyl (C=O) groups is 1. The maximum absolute atomic E-state index is 13.2. The molecule has 3 aromatic rings. The predicted octanol–water partition coefficient (Wildman–Crippen LogP) is 4.56. The first-order valence-electron chi connectivity index (χ1n) is 7.12. The minimum Gasteiger partial charge on any atom is -0.478 e. The van der Waals surface area contributed by atoms with Gasteiger partial charge < -0.3 is 5.11 Å². The van der Waals surface area contributed by atoms with Crippen LogP contribution in [0.25, 0.3) is 22.4 Å². The molecular weight excluding hydrogens is 293 g/mol. The number of rotatable bonds is 3. The zero-order valence-electron chi connectivity index (χ0n) is 12.5. The number of carboxylic acid groups (broad SMARTS) is 1. The first-order valence-corrected chi connectivity index (χ1v) is 7.12. The second-order valence-corrected chi connectivity index (χ2v) is 5.19. The molecule has 0 aliphatic carbocycles. The Morgan fingerprint density at radius 3 is 2.26 bits per heavy atom. The van der Waals surface area contributed by atoms with Gasteiger partial charge in [0.1, 0.15) is 5.82 Å². The lowest BCUT2D eigenvalue weighted by molar-refractivity contribution is 0.0696. The van der Waals surface area contributed by atoms with Gasteiger partial charge in [0, 0.05) is 11.1 Å². The van der Waals surface area contributed by atoms with E-state index in [0.29, 0.717) is 22.5 Å². The van der Waals surface area contributed by atoms with Crippen LogP contribution in [0.5, 0.6) is 0 Å². The molecule has 0 saturated heterocycles. The third-order valence-corrected chi connectivity index (χ3v) is 3.64. The zero-order chi connectivity index (χ0) is 16.4. The maximum atomic E-state index is 13.2. The molecule has 1 aromatic heterocycles. The number of halogens is 1. The summed E-state index contributed by atoms with van der Waals surface area (Å²) in [6.45, 7) is 1.67. The number of nitrogens with zero attached hydrogens (tertiary/aromatic N) is 1. The van der Waals surface area contributed by atoms with E-state index in [2.05, 4.69) is 4.98 Å². The van der Waals surface area contributed by atoms with Crippen molar-refractivity contribution in [2.75, 3.05) is 0 Å². The van der Waals surface area contributed by atoms with E-state index in [1.54, 1.807) is 25.1 Å². The molecule has 2 aromatic carbocycles. The molecule has 0 amide bonds. The van der Waals surface area contributed by atoms with Crippen LogP contribution < -0.4 is 0 Å². The summed E-state index contributed by atoms with van der Waals surface area (Å²) in [6.07, 6.45) is 0. The highest BCUT2D eigenvalue weighted by Crippen LogP contribution is 2.30. The van der Waals surface area contributed by atoms with Gasteiger partial charge in [-0.1, -0.05) is 42.5 Å². The molecule has 3 nitrogen and oxygen atoms in total. The number of hydrogen-bond donors (Lipinski definition) is 1. The summed E-state index contributed by atoms with van der Waals surface area (Å²) in [4.78, 5) is 16.0. The van der Waals surface area contributed by atoms with Crippen LogP contribution in [0.4, 0.5) is 4.39 Å². The van der Waals surface area contributed by atoms with Crippen LogP contribution in [0, 0.1) is 12.7 Å². The molecule has 0 aliphatic heterocycles. The lowest BCUT2D eigenvalue weighted by Gasteiger charge is -2.12. The highest BCUT2D eigenvalue weighted by molar-refractivity contribution is 5.98. The average molecular weight is 307 g/mol. The smallest absolute Gasteiger partial charge is 0.338 e. The van der Waals surface area contributed by atoms with Crippen molar-refractivity contribution in [3.8, 4) is 22.4 Å². The van der Waals surface area contributed by atoms with Crippen LogP contribution in [-0.2, 0) is 0 Å². The van der Waals surface area contributed by atoms with E-state index >= 15 is 0 Å². The molecule has 4 heteroatoms. The number of benzene rings is 2. The van der Waals surface area contributed by atoms with Crippen molar-refractivity contribution in [2.24, 2.45) is 0 Å². The fraction of sp³-hybridized carbons (Fsp3) is 0.0526. The average Bonchev–Trinajstić information content (AvgIpc) is 2.55. The second-order valence-electron chi connectivity index (χ2n) is 5.19. The van der Waals surface area contributed by atoms with Gasteiger partial charge in [-0.2, -0.15) is 0 Å². The quantitative estimate of drug-likeness (QED) is 0.771. The van der Waals surface area contributed by atoms with Crippen LogP contribution in [0.15, 0.2) is 60.7 Å². The molecule has 0 aliphatic rings. The molecule has 23 heavy (non-hydrogen) atoms. The van der Waals surface area contributed by atoms with Crippen LogP contribution >= 0.6 is 0 Å². The number of aryl methyl sites for hydroxylation is 1. The number of hydrogen-bond acceptors (Lipinski definition) is 2. The number of carboxylic acids is 1. The zero-order valence-corrected chi connectivity index (χ0v) is 12.5. The molecule has 114 valence electrons. The van der Waals surface area contributed by atoms with E-state index in [0.717, 1.165) is 5.56 Å². The van der Waals surface area contributed by atoms with Gasteiger partial charge in [0.25, 0.3) is 0 Å². The Labute approximate surface area is 133 Å². The standard InChI is InChI=1S/C19H14FNO2/c1-12-18(19(22)23)16(13-7-9-15(20)10-8-13)11-17(21-12)14-5-3-2-4-6-14/h2-11H,1H3,(H,22,23). The third-order valence-electron chi connectivity index (χ3n) is 3.64. The molecule has 0 fully saturated rings. The molecule has 0 radical (unpaired) electrons. The Morgan fingerprint density at radius 2 is 1.65 bits per heavy atom. The molecule has 0 atom stereocenters. The maximum Gasteiger partial charge on any atom is 0.338 e. The molecule has 1 N–H and O–H groups in total. The van der Waals surface area contributed by atoms with Crippen molar-refractivity contribution in [1.29, 1.82) is 0 Å². The number of aromatic carboxylic acids is 1. The summed E-state index contributed by atoms with van der Waals surface area (Å²) in [6, 6.07) is 17.0. The molecule has 0 spiro atoms. The highest BCUT2D eigenvalue weighted by Gasteiger charge is 2.18. The van der Waals surface area contributed by atoms with E-state index < -0.39 is 5.97 Å². The fourth-order valence-corrected chi connectivity index (χ4v) is 2.56. The van der Waals surface area contributed by atoms with Crippen molar-refractivity contribution in [3.05, 3.63) is 77.7 Å². The Morgan fingerprint density at radius 1 is 1.00 bits per heavy atom. The Hall–Kier alpha value is -3.01. The largest absolute Gasteiger partial charge is 0.478 e. The summed E-state index contributed by atoms with van der Waals surface area (Å²) in [5, 5.41) is 9.51. The topological polar surface area (TPSA) is 50.2 Å². The van der Waals surface area contributed by atoms with Crippen molar-refractivity contribution in [3.63, 3.8) is 0 Å². The van der Waals surface area contributed by atoms with Crippen LogP contribution in [0.2, 0.25) is 0 Å². The molecule has 3 rings (SSSR count). The minimum atomic E-state index is -1.05. The van der Waals surface area contributed by atoms with Gasteiger partial charge in [-0.3, -0.25) is 4.98 Å². The van der Waals surface area contributed by atoms with Gasteiger partial charge in [-0.25, -0.2) is 9.18 Å². The van der Waals surface area contributed by atoms with Gasteiger partial charge in [0.05, 0.1) is 17.0 Å². The summed E-state index contributed by atoms with van der Waals surface area (Å²) in [5.41, 5.74) is 3.33. The normalized spacial score (nSPS) is 10.5. The van der Waals surface area contributed by atoms with E-state index in [-0.39, 0.29) is 11.4 Å². The lowest BCUT2D eigenvalue weighted by atomic mass is 9.96. The second kappa shape index (κ2) is 6.01. The van der Waals surface area contributed by atoms with E-state index in [1.807, 2.05) is 30.3 Å². The van der Waals surface area contributed by atoms with E-state index in [4.69, 9.17) is 0 Å². The van der Waals surface area contributed by atoms with Gasteiger partial charge in [-0.05, 0) is 30.7 Å². The van der Waals surface area contributed by atoms with E-state index in [9.17, 15) is 14.3 Å². The SMILES string of the molecule is Cc1nc(-c2ccccc2)cc(-c2ccc(F)cc2)c1C(=O)O. The summed E-state index contributed by atoms with van der Waals surface area (Å²) < 4.78 is 13.2. The summed E-state index contributed by atoms with van der Waals surface area (Å²) in [5.74, 6) is -1.41. The van der Waals surface area contributed by atoms with Crippen molar-refractivity contribution >= 4 is 5.97 Å². The molecular formula is C19H14FNO2. The van der Waals surface area contributed by atoms with Gasteiger partial charge in [-0.15, -0.1) is 0 Å². The first-order chi connectivity index (χ1) is 11.1. The van der Waals surface area contributed by atoms with Crippen LogP contribution in [0.3, 0.4) is 0 Å².